The number of ether oxygens (including phenoxy) is 2. The number of benzene rings is 2. The molecule has 2 aliphatic carbocycles. The molecule has 7 rings (SSSR count). The molecule has 0 fully saturated rings. The SMILES string of the molecule is C#CCCC#CC.CC#CC(C)=O.CC#CCC1C(C)=C1[Si](C)(C)C.CC#CCCCC(=O)O.CC#CCCCN.CC#CCCN.CC#CCCN1C(=O)C=CC1=O.CC#CCCNC(=O)OCC1C=C1C.CC#CCCOCCN.CC#CCCS.CC#CCc1ccc(-c2nnc(C)nn2)cc1.CC#CCc1ccc(-c2nncnn2)cc1. The zero-order valence-corrected chi connectivity index (χ0v) is 77.0. The Kier molecular flexibility index (Phi) is 83.0. The molecule has 3 aliphatic rings. The molecule has 644 valence electrons. The van der Waals surface area contributed by atoms with Gasteiger partial charge in [-0.25, -0.2) is 4.79 Å². The van der Waals surface area contributed by atoms with Crippen LogP contribution >= 0.6 is 12.6 Å². The Balaban J connectivity index is -0.000000412. The minimum absolute atomic E-state index is 0.0718. The molecule has 3 amide bonds. The molecule has 2 aromatic heterocycles. The van der Waals surface area contributed by atoms with Crippen molar-refractivity contribution in [2.45, 2.75) is 227 Å². The number of carboxylic acid groups (broad SMARTS) is 1. The van der Waals surface area contributed by atoms with Gasteiger partial charge in [0.05, 0.1) is 21.3 Å². The van der Waals surface area contributed by atoms with E-state index in [1.165, 1.54) is 47.0 Å². The monoisotopic (exact) mass is 1680 g/mol. The molecule has 2 atom stereocenters. The highest BCUT2D eigenvalue weighted by atomic mass is 32.1. The molecule has 0 radical (unpaired) electrons. The minimum Gasteiger partial charge on any atom is -0.481 e. The lowest BCUT2D eigenvalue weighted by Crippen LogP contribution is -2.30. The number of alkyl carbamates (subject to hydrolysis) is 1. The number of carbonyl (C=O) groups excluding carboxylic acids is 4. The molecule has 2 unspecified atom stereocenters. The fourth-order valence-electron chi connectivity index (χ4n) is 8.58. The molecule has 0 saturated heterocycles. The zero-order chi connectivity index (χ0) is 91.8. The van der Waals surface area contributed by atoms with Gasteiger partial charge in [-0.3, -0.25) is 24.1 Å². The van der Waals surface area contributed by atoms with Crippen molar-refractivity contribution < 1.29 is 38.6 Å². The number of carbonyl (C=O) groups is 5. The van der Waals surface area contributed by atoms with Gasteiger partial charge >= 0.3 is 12.1 Å². The maximum absolute atomic E-state index is 11.0. The van der Waals surface area contributed by atoms with Crippen molar-refractivity contribution in [3.8, 4) is 177 Å². The lowest BCUT2D eigenvalue weighted by molar-refractivity contribution is -0.138. The van der Waals surface area contributed by atoms with Gasteiger partial charge in [-0.15, -0.1) is 172 Å². The Labute approximate surface area is 733 Å². The third kappa shape index (κ3) is 76.2. The summed E-state index contributed by atoms with van der Waals surface area (Å²) in [5.74, 6) is 72.4. The normalized spacial score (nSPS) is 11.1. The standard InChI is InChI=1S/C13H12N4.C12H10N4.C11H15NO2.C11H18Si.C9H9NO2.C7H13NO.C7H10O2.C7H8.C6H11N.C5H9N.C5H6O.C5H8S/c1-3-4-5-11-6-8-12(9-7-11)13-16-14-10(2)15-17-13;1-2-3-4-10-5-7-11(8-6-10)12-15-13-9-14-16-12;1-3-4-5-6-12-11(13)14-8-10-7-9(10)2;1-6-7-8-10-9(2)11(10)12(3,4)5;1-2-3-4-7-10-8(11)5-6-9(10)12;1-2-3-4-6-9-7-5-8;1-2-3-4-5-6-7(8)9;1-3-5-7-6-4-2;1-2-3-4-5-6-7;1-2-3-4-5-6;1-3-4-5(2)6;1-2-3-4-5-6/h6-9H,5H2,1-2H3;5-9H,4H2,1H3;7,10H,5-6,8H2,1-2H3,(H,12,13);10H,8H2,1-5H3;5-6H,4,7H2,1H3;4-8H2,1H3;4-6H2,1H3,(H,8,9);1H,5,7H2,2H3;4-7H2,1H3;4-6H2,1H3;1-2H3;6H,4-5H2,1H3. The first-order valence-corrected chi connectivity index (χ1v) is 43.7. The van der Waals surface area contributed by atoms with Gasteiger partial charge in [0, 0.05) is 157 Å². The number of Topliss-reactive ketones (excluding diaryl/α,β-unsaturated/α-hetero) is 1. The van der Waals surface area contributed by atoms with Crippen LogP contribution in [0.4, 0.5) is 4.79 Å². The van der Waals surface area contributed by atoms with Crippen LogP contribution in [0.3, 0.4) is 0 Å². The van der Waals surface area contributed by atoms with Crippen LogP contribution in [0.2, 0.25) is 19.6 Å². The number of aryl methyl sites for hydroxylation is 1. The number of carboxylic acids is 1. The van der Waals surface area contributed by atoms with Crippen molar-refractivity contribution in [3.05, 3.63) is 106 Å². The van der Waals surface area contributed by atoms with Gasteiger partial charge in [0.15, 0.2) is 12.2 Å². The van der Waals surface area contributed by atoms with Crippen molar-refractivity contribution in [1.29, 1.82) is 0 Å². The molecule has 3 heterocycles. The second kappa shape index (κ2) is 85.7. The number of rotatable bonds is 24. The number of nitrogens with zero attached hydrogens (tertiary/aromatic N) is 9. The van der Waals surface area contributed by atoms with Gasteiger partial charge < -0.3 is 37.1 Å². The van der Waals surface area contributed by atoms with E-state index in [1.54, 1.807) is 45.4 Å². The van der Waals surface area contributed by atoms with E-state index in [0.717, 1.165) is 93.6 Å². The number of aliphatic carboxylic acids is 1. The van der Waals surface area contributed by atoms with Crippen molar-refractivity contribution >= 4 is 50.4 Å². The average molecular weight is 1680 g/mol. The number of imide groups is 1. The first-order chi connectivity index (χ1) is 58.3. The fraction of sp³-hybridized carbons (Fsp3) is 0.459. The van der Waals surface area contributed by atoms with Gasteiger partial charge in [-0.2, -0.15) is 12.6 Å². The number of nitrogens with one attached hydrogen (secondary N) is 1. The van der Waals surface area contributed by atoms with Crippen LogP contribution in [-0.4, -0.2) is 147 Å². The fourth-order valence-corrected chi connectivity index (χ4v) is 11.3. The number of nitrogens with two attached hydrogens (primary N) is 3. The summed E-state index contributed by atoms with van der Waals surface area (Å²) >= 11 is 3.95. The summed E-state index contributed by atoms with van der Waals surface area (Å²) in [5.41, 5.74) is 22.6. The van der Waals surface area contributed by atoms with Crippen LogP contribution in [0.5, 0.6) is 0 Å². The van der Waals surface area contributed by atoms with Gasteiger partial charge in [0.25, 0.3) is 11.8 Å². The van der Waals surface area contributed by atoms with Gasteiger partial charge in [-0.1, -0.05) is 108 Å². The summed E-state index contributed by atoms with van der Waals surface area (Å²) in [6.45, 7) is 41.2. The number of allylic oxidation sites excluding steroid dienone is 2. The minimum atomic E-state index is -0.988. The summed E-state index contributed by atoms with van der Waals surface area (Å²) in [4.78, 5) is 53.9. The maximum atomic E-state index is 11.0. The highest BCUT2D eigenvalue weighted by molar-refractivity contribution is 7.80. The van der Waals surface area contributed by atoms with Crippen molar-refractivity contribution in [2.24, 2.45) is 29.0 Å². The number of unbranched alkanes of at least 4 members (excludes halogenated alkanes) is 3. The molecular weight excluding hydrogens is 1550 g/mol. The van der Waals surface area contributed by atoms with E-state index in [-0.39, 0.29) is 30.1 Å². The second-order valence-electron chi connectivity index (χ2n) is 25.3. The molecule has 4 aromatic rings. The van der Waals surface area contributed by atoms with Crippen LogP contribution < -0.4 is 22.5 Å². The number of amides is 3. The lowest BCUT2D eigenvalue weighted by Gasteiger charge is -2.12. The highest BCUT2D eigenvalue weighted by Gasteiger charge is 2.40. The number of hydrogen-bond acceptors (Lipinski definition) is 19. The van der Waals surface area contributed by atoms with E-state index < -0.39 is 14.0 Å². The molecule has 121 heavy (non-hydrogen) atoms. The summed E-state index contributed by atoms with van der Waals surface area (Å²) < 4.78 is 10.0. The van der Waals surface area contributed by atoms with Crippen molar-refractivity contribution in [2.75, 3.05) is 58.3 Å². The second-order valence-corrected chi connectivity index (χ2v) is 30.8. The summed E-state index contributed by atoms with van der Waals surface area (Å²) in [6, 6.07) is 15.9. The number of terminal acetylenes is 1. The van der Waals surface area contributed by atoms with E-state index in [2.05, 4.69) is 239 Å². The topological polar surface area (TPSA) is 320 Å². The third-order valence-electron chi connectivity index (χ3n) is 14.5. The van der Waals surface area contributed by atoms with Gasteiger partial charge in [0.2, 0.25) is 17.4 Å². The number of aromatic nitrogens is 8. The predicted octanol–water partition coefficient (Wildman–Crippen LogP) is 14.7. The Morgan fingerprint density at radius 1 is 0.545 bits per heavy atom. The predicted molar refractivity (Wildman–Crippen MR) is 501 cm³/mol. The quantitative estimate of drug-likeness (QED) is 0.00722. The molecule has 1 aliphatic heterocycles. The van der Waals surface area contributed by atoms with Crippen LogP contribution in [0.15, 0.2) is 89.4 Å². The number of hydrogen-bond donors (Lipinski definition) is 6. The van der Waals surface area contributed by atoms with E-state index in [9.17, 15) is 24.0 Å². The Bertz CT molecular complexity index is 4540. The average Bonchev–Trinajstić information content (AvgIpc) is 1.61. The lowest BCUT2D eigenvalue weighted by atomic mass is 10.1. The van der Waals surface area contributed by atoms with Crippen molar-refractivity contribution in [1.82, 2.24) is 51.0 Å². The molecule has 0 spiro atoms. The van der Waals surface area contributed by atoms with Crippen LogP contribution in [-0.2, 0) is 41.5 Å². The van der Waals surface area contributed by atoms with E-state index in [1.807, 2.05) is 111 Å². The first kappa shape index (κ1) is 117. The zero-order valence-electron chi connectivity index (χ0n) is 75.1. The van der Waals surface area contributed by atoms with Gasteiger partial charge in [-0.05, 0) is 140 Å². The Morgan fingerprint density at radius 3 is 1.40 bits per heavy atom. The molecular formula is C98H129N13O8SSi. The summed E-state index contributed by atoms with van der Waals surface area (Å²) in [5, 5.41) is 43.5. The van der Waals surface area contributed by atoms with Crippen LogP contribution in [0.25, 0.3) is 22.8 Å². The maximum Gasteiger partial charge on any atom is 0.407 e. The summed E-state index contributed by atoms with van der Waals surface area (Å²) in [7, 11) is -0.988. The largest absolute Gasteiger partial charge is 0.481 e. The molecule has 8 N–H and O–H groups in total. The molecule has 21 nitrogen and oxygen atoms in total. The number of ketones is 1. The Morgan fingerprint density at radius 2 is 1.00 bits per heavy atom. The highest BCUT2D eigenvalue weighted by Crippen LogP contribution is 2.46. The van der Waals surface area contributed by atoms with E-state index in [0.29, 0.717) is 95.1 Å². The molecule has 0 saturated carbocycles. The smallest absolute Gasteiger partial charge is 0.407 e. The Hall–Kier alpha value is -12.2. The van der Waals surface area contributed by atoms with Crippen LogP contribution in [0, 0.1) is 173 Å². The van der Waals surface area contributed by atoms with Crippen molar-refractivity contribution in [3.63, 3.8) is 0 Å². The van der Waals surface area contributed by atoms with Crippen LogP contribution in [0.1, 0.15) is 204 Å². The molecule has 0 bridgehead atoms. The van der Waals surface area contributed by atoms with E-state index in [4.69, 9.17) is 38.2 Å². The van der Waals surface area contributed by atoms with E-state index >= 15 is 0 Å². The first-order valence-electron chi connectivity index (χ1n) is 39.6. The molecule has 2 aromatic carbocycles. The summed E-state index contributed by atoms with van der Waals surface area (Å²) in [6.07, 6.45) is 22.1. The van der Waals surface area contributed by atoms with Gasteiger partial charge in [0.1, 0.15) is 6.61 Å². The third-order valence-corrected chi connectivity index (χ3v) is 17.1. The molecule has 23 heteroatoms. The number of thiol groups is 1.